The normalized spacial score (nSPS) is 12.5. The first-order chi connectivity index (χ1) is 16.9. The van der Waals surface area contributed by atoms with Crippen LogP contribution in [0.4, 0.5) is 14.5 Å². The summed E-state index contributed by atoms with van der Waals surface area (Å²) in [5.74, 6) is -4.04. The smallest absolute Gasteiger partial charge is 0.336 e. The monoisotopic (exact) mass is 471 g/mol. The average Bonchev–Trinajstić information content (AvgIpc) is 2.87. The number of aromatic carboxylic acids is 1. The highest BCUT2D eigenvalue weighted by Crippen LogP contribution is 2.44. The number of nitrogens with one attached hydrogen (secondary N) is 1. The number of rotatable bonds is 7. The summed E-state index contributed by atoms with van der Waals surface area (Å²) < 4.78 is 28.6. The number of carboxylic acids is 1. The number of hydrogen-bond acceptors (Lipinski definition) is 2. The molecule has 0 aliphatic rings. The van der Waals surface area contributed by atoms with Gasteiger partial charge in [0.1, 0.15) is 11.6 Å². The molecule has 0 fully saturated rings. The highest BCUT2D eigenvalue weighted by Gasteiger charge is 2.31. The third-order valence-electron chi connectivity index (χ3n) is 6.07. The van der Waals surface area contributed by atoms with Gasteiger partial charge in [0.05, 0.1) is 11.3 Å². The van der Waals surface area contributed by atoms with Crippen molar-refractivity contribution in [3.63, 3.8) is 0 Å². The van der Waals surface area contributed by atoms with Crippen molar-refractivity contribution in [3.8, 4) is 0 Å². The van der Waals surface area contributed by atoms with Gasteiger partial charge in [-0.25, -0.2) is 13.6 Å². The molecule has 35 heavy (non-hydrogen) atoms. The van der Waals surface area contributed by atoms with Crippen LogP contribution in [0.5, 0.6) is 0 Å². The Kier molecular flexibility index (Phi) is 7.01. The Labute approximate surface area is 201 Å². The summed E-state index contributed by atoms with van der Waals surface area (Å²) in [7, 11) is 0. The number of carbonyl (C=O) groups excluding carboxylic acids is 1. The lowest BCUT2D eigenvalue weighted by molar-refractivity contribution is 0.0694. The van der Waals surface area contributed by atoms with Gasteiger partial charge in [-0.2, -0.15) is 0 Å². The van der Waals surface area contributed by atoms with Crippen LogP contribution in [0.25, 0.3) is 0 Å². The molecule has 2 N–H and O–H groups in total. The summed E-state index contributed by atoms with van der Waals surface area (Å²) in [5.41, 5.74) is 1.65. The van der Waals surface area contributed by atoms with E-state index in [2.05, 4.69) is 5.32 Å². The second kappa shape index (κ2) is 10.3. The van der Waals surface area contributed by atoms with Crippen LogP contribution in [0.2, 0.25) is 0 Å². The first-order valence-corrected chi connectivity index (χ1v) is 11.1. The maximum Gasteiger partial charge on any atom is 0.336 e. The molecule has 2 atom stereocenters. The summed E-state index contributed by atoms with van der Waals surface area (Å²) in [6.07, 6.45) is 0. The molecule has 0 heterocycles. The lowest BCUT2D eigenvalue weighted by atomic mass is 9.76. The SMILES string of the molecule is CC(c1ccccc1)C(c1ccccc1)c1c(C(=O)O)ccc(F)c1NC(=O)c1ccc(F)cc1. The standard InChI is InChI=1S/C29H23F2NO3/c1-18(19-8-4-2-5-9-19)25(20-10-6-3-7-11-20)26-23(29(34)35)16-17-24(31)27(26)32-28(33)21-12-14-22(30)15-13-21/h2-18,25H,1H3,(H,32,33)(H,34,35). The first-order valence-electron chi connectivity index (χ1n) is 11.1. The van der Waals surface area contributed by atoms with Crippen molar-refractivity contribution >= 4 is 17.6 Å². The van der Waals surface area contributed by atoms with Crippen molar-refractivity contribution in [2.75, 3.05) is 5.32 Å². The van der Waals surface area contributed by atoms with Gasteiger partial charge in [-0.3, -0.25) is 4.79 Å². The quantitative estimate of drug-likeness (QED) is 0.310. The van der Waals surface area contributed by atoms with Gasteiger partial charge in [-0.15, -0.1) is 0 Å². The molecule has 4 aromatic carbocycles. The molecule has 4 aromatic rings. The van der Waals surface area contributed by atoms with E-state index >= 15 is 4.39 Å². The maximum atomic E-state index is 15.3. The molecule has 0 radical (unpaired) electrons. The van der Waals surface area contributed by atoms with Gasteiger partial charge in [0.15, 0.2) is 0 Å². The summed E-state index contributed by atoms with van der Waals surface area (Å²) in [4.78, 5) is 25.3. The number of amides is 1. The summed E-state index contributed by atoms with van der Waals surface area (Å²) >= 11 is 0. The molecule has 4 rings (SSSR count). The fourth-order valence-electron chi connectivity index (χ4n) is 4.33. The average molecular weight is 472 g/mol. The van der Waals surface area contributed by atoms with E-state index in [9.17, 15) is 19.1 Å². The predicted molar refractivity (Wildman–Crippen MR) is 131 cm³/mol. The Morgan fingerprint density at radius 2 is 1.34 bits per heavy atom. The van der Waals surface area contributed by atoms with Crippen LogP contribution in [-0.4, -0.2) is 17.0 Å². The van der Waals surface area contributed by atoms with Crippen LogP contribution in [-0.2, 0) is 0 Å². The Bertz CT molecular complexity index is 1340. The molecule has 176 valence electrons. The van der Waals surface area contributed by atoms with Crippen molar-refractivity contribution in [3.05, 3.63) is 137 Å². The van der Waals surface area contributed by atoms with E-state index in [0.29, 0.717) is 0 Å². The summed E-state index contributed by atoms with van der Waals surface area (Å²) in [5, 5.41) is 12.6. The summed E-state index contributed by atoms with van der Waals surface area (Å²) in [6.45, 7) is 1.94. The highest BCUT2D eigenvalue weighted by molar-refractivity contribution is 6.06. The minimum absolute atomic E-state index is 0.113. The van der Waals surface area contributed by atoms with Gasteiger partial charge >= 0.3 is 5.97 Å². The van der Waals surface area contributed by atoms with Gasteiger partial charge in [-0.1, -0.05) is 67.6 Å². The van der Waals surface area contributed by atoms with E-state index in [1.54, 1.807) is 0 Å². The van der Waals surface area contributed by atoms with E-state index < -0.39 is 29.4 Å². The van der Waals surface area contributed by atoms with Crippen LogP contribution in [0.15, 0.2) is 97.1 Å². The molecule has 0 saturated heterocycles. The van der Waals surface area contributed by atoms with Crippen molar-refractivity contribution in [2.45, 2.75) is 18.8 Å². The van der Waals surface area contributed by atoms with E-state index in [4.69, 9.17) is 0 Å². The van der Waals surface area contributed by atoms with Crippen molar-refractivity contribution in [1.82, 2.24) is 0 Å². The second-order valence-corrected chi connectivity index (χ2v) is 8.24. The van der Waals surface area contributed by atoms with Gasteiger partial charge < -0.3 is 10.4 Å². The van der Waals surface area contributed by atoms with Crippen LogP contribution in [0, 0.1) is 11.6 Å². The lowest BCUT2D eigenvalue weighted by Crippen LogP contribution is -2.21. The fraction of sp³-hybridized carbons (Fsp3) is 0.103. The predicted octanol–water partition coefficient (Wildman–Crippen LogP) is 6.85. The zero-order chi connectivity index (χ0) is 24.9. The Morgan fingerprint density at radius 1 is 0.771 bits per heavy atom. The molecular formula is C29H23F2NO3. The van der Waals surface area contributed by atoms with Crippen molar-refractivity contribution < 1.29 is 23.5 Å². The van der Waals surface area contributed by atoms with Gasteiger partial charge in [0, 0.05) is 17.0 Å². The maximum absolute atomic E-state index is 15.3. The van der Waals surface area contributed by atoms with Crippen LogP contribution >= 0.6 is 0 Å². The molecule has 2 unspecified atom stereocenters. The number of hydrogen-bond donors (Lipinski definition) is 2. The fourth-order valence-corrected chi connectivity index (χ4v) is 4.33. The van der Waals surface area contributed by atoms with E-state index in [1.165, 1.54) is 18.2 Å². The van der Waals surface area contributed by atoms with Gasteiger partial charge in [0.2, 0.25) is 0 Å². The molecule has 0 spiro atoms. The molecule has 0 aliphatic carbocycles. The van der Waals surface area contributed by atoms with Gasteiger partial charge in [0.25, 0.3) is 5.91 Å². The van der Waals surface area contributed by atoms with Gasteiger partial charge in [-0.05, 0) is 53.4 Å². The highest BCUT2D eigenvalue weighted by atomic mass is 19.1. The van der Waals surface area contributed by atoms with Crippen LogP contribution in [0.3, 0.4) is 0 Å². The lowest BCUT2D eigenvalue weighted by Gasteiger charge is -2.29. The minimum atomic E-state index is -1.24. The number of halogens is 2. The number of carboxylic acid groups (broad SMARTS) is 1. The molecule has 4 nitrogen and oxygen atoms in total. The van der Waals surface area contributed by atoms with Crippen LogP contribution < -0.4 is 5.32 Å². The zero-order valence-corrected chi connectivity index (χ0v) is 18.9. The van der Waals surface area contributed by atoms with Crippen LogP contribution in [0.1, 0.15) is 56.2 Å². The molecule has 6 heteroatoms. The molecule has 1 amide bonds. The zero-order valence-electron chi connectivity index (χ0n) is 18.9. The third kappa shape index (κ3) is 5.11. The summed E-state index contributed by atoms with van der Waals surface area (Å²) in [6, 6.07) is 25.8. The Balaban J connectivity index is 1.92. The second-order valence-electron chi connectivity index (χ2n) is 8.24. The molecule has 0 aromatic heterocycles. The minimum Gasteiger partial charge on any atom is -0.478 e. The first kappa shape index (κ1) is 23.8. The molecular weight excluding hydrogens is 448 g/mol. The topological polar surface area (TPSA) is 66.4 Å². The number of carbonyl (C=O) groups is 2. The van der Waals surface area contributed by atoms with E-state index in [1.807, 2.05) is 67.6 Å². The Morgan fingerprint density at radius 3 is 1.91 bits per heavy atom. The molecule has 0 bridgehead atoms. The Hall–Kier alpha value is -4.32. The van der Waals surface area contributed by atoms with Crippen molar-refractivity contribution in [1.29, 1.82) is 0 Å². The largest absolute Gasteiger partial charge is 0.478 e. The molecule has 0 saturated carbocycles. The molecule has 0 aliphatic heterocycles. The van der Waals surface area contributed by atoms with Crippen molar-refractivity contribution in [2.24, 2.45) is 0 Å². The van der Waals surface area contributed by atoms with E-state index in [-0.39, 0.29) is 28.3 Å². The van der Waals surface area contributed by atoms with E-state index in [0.717, 1.165) is 29.3 Å². The number of benzene rings is 4. The number of anilines is 1. The third-order valence-corrected chi connectivity index (χ3v) is 6.07.